The zero-order chi connectivity index (χ0) is 22.0. The first-order chi connectivity index (χ1) is 15.0. The van der Waals surface area contributed by atoms with Crippen LogP contribution in [0.5, 0.6) is 5.75 Å². The van der Waals surface area contributed by atoms with Crippen LogP contribution in [0.1, 0.15) is 32.2 Å². The number of aromatic nitrogens is 1. The van der Waals surface area contributed by atoms with Crippen molar-refractivity contribution < 1.29 is 23.8 Å². The number of aryl methyl sites for hydroxylation is 1. The highest BCUT2D eigenvalue weighted by molar-refractivity contribution is 6.09. The van der Waals surface area contributed by atoms with Crippen LogP contribution < -0.4 is 10.1 Å². The van der Waals surface area contributed by atoms with Crippen molar-refractivity contribution in [3.05, 3.63) is 83.4 Å². The number of carbonyl (C=O) groups is 2. The van der Waals surface area contributed by atoms with E-state index in [0.717, 1.165) is 10.9 Å². The smallest absolute Gasteiger partial charge is 0.337 e. The number of nitrogens with one attached hydrogen (secondary N) is 1. The van der Waals surface area contributed by atoms with Gasteiger partial charge in [-0.3, -0.25) is 4.79 Å². The van der Waals surface area contributed by atoms with Crippen molar-refractivity contribution in [3.63, 3.8) is 0 Å². The van der Waals surface area contributed by atoms with Gasteiger partial charge >= 0.3 is 5.97 Å². The van der Waals surface area contributed by atoms with E-state index in [-0.39, 0.29) is 23.4 Å². The Kier molecular flexibility index (Phi) is 5.16. The topological polar surface area (TPSA) is 117 Å². The summed E-state index contributed by atoms with van der Waals surface area (Å²) in [6, 6.07) is 16.7. The number of anilines is 1. The first-order valence-corrected chi connectivity index (χ1v) is 9.30. The third kappa shape index (κ3) is 3.84. The van der Waals surface area contributed by atoms with Crippen molar-refractivity contribution in [1.82, 2.24) is 4.57 Å². The van der Waals surface area contributed by atoms with Crippen LogP contribution in [0.4, 0.5) is 5.69 Å². The number of carboxylic acids is 1. The number of nitriles is 1. The van der Waals surface area contributed by atoms with Gasteiger partial charge in [0.05, 0.1) is 34.7 Å². The summed E-state index contributed by atoms with van der Waals surface area (Å²) in [5, 5.41) is 21.8. The molecular weight excluding hydrogens is 398 g/mol. The maximum Gasteiger partial charge on any atom is 0.337 e. The number of ether oxygens (including phenoxy) is 1. The summed E-state index contributed by atoms with van der Waals surface area (Å²) in [6.45, 7) is 0.242. The normalized spacial score (nSPS) is 10.6. The van der Waals surface area contributed by atoms with E-state index in [1.54, 1.807) is 36.1 Å². The Balaban J connectivity index is 1.65. The van der Waals surface area contributed by atoms with Crippen molar-refractivity contribution in [2.75, 3.05) is 5.32 Å². The van der Waals surface area contributed by atoms with Crippen LogP contribution in [0.15, 0.2) is 65.3 Å². The van der Waals surface area contributed by atoms with Gasteiger partial charge in [-0.05, 0) is 42.5 Å². The molecule has 0 atom stereocenters. The zero-order valence-corrected chi connectivity index (χ0v) is 16.5. The molecule has 31 heavy (non-hydrogen) atoms. The minimum atomic E-state index is -1.24. The van der Waals surface area contributed by atoms with Crippen molar-refractivity contribution in [1.29, 1.82) is 5.26 Å². The van der Waals surface area contributed by atoms with Gasteiger partial charge in [0, 0.05) is 12.4 Å². The number of amides is 1. The molecule has 2 N–H and O–H groups in total. The van der Waals surface area contributed by atoms with Gasteiger partial charge in [0.15, 0.2) is 0 Å². The average molecular weight is 415 g/mol. The van der Waals surface area contributed by atoms with Crippen LogP contribution in [-0.2, 0) is 13.7 Å². The minimum absolute atomic E-state index is 0.107. The molecule has 0 aliphatic heterocycles. The number of fused-ring (bicyclic) bond motifs is 1. The van der Waals surface area contributed by atoms with Gasteiger partial charge in [-0.1, -0.05) is 12.1 Å². The van der Waals surface area contributed by atoms with E-state index in [0.29, 0.717) is 17.2 Å². The third-order valence-corrected chi connectivity index (χ3v) is 4.83. The van der Waals surface area contributed by atoms with Crippen LogP contribution in [0.2, 0.25) is 0 Å². The monoisotopic (exact) mass is 415 g/mol. The summed E-state index contributed by atoms with van der Waals surface area (Å²) >= 11 is 0. The van der Waals surface area contributed by atoms with E-state index in [1.165, 1.54) is 18.2 Å². The average Bonchev–Trinajstić information content (AvgIpc) is 3.40. The number of carboxylic acid groups (broad SMARTS) is 1. The molecule has 0 aliphatic carbocycles. The largest absolute Gasteiger partial charge is 0.483 e. The van der Waals surface area contributed by atoms with E-state index in [2.05, 4.69) is 5.32 Å². The van der Waals surface area contributed by atoms with Gasteiger partial charge in [-0.15, -0.1) is 0 Å². The van der Waals surface area contributed by atoms with E-state index in [1.807, 2.05) is 24.3 Å². The lowest BCUT2D eigenvalue weighted by atomic mass is 10.1. The van der Waals surface area contributed by atoms with E-state index >= 15 is 0 Å². The Morgan fingerprint density at radius 3 is 2.74 bits per heavy atom. The molecule has 8 nitrogen and oxygen atoms in total. The van der Waals surface area contributed by atoms with E-state index in [4.69, 9.17) is 14.4 Å². The molecule has 2 aromatic heterocycles. The molecule has 0 spiro atoms. The van der Waals surface area contributed by atoms with Crippen molar-refractivity contribution in [2.45, 2.75) is 6.61 Å². The molecular formula is C23H17N3O5. The van der Waals surface area contributed by atoms with Crippen LogP contribution in [-0.4, -0.2) is 21.6 Å². The Labute approximate surface area is 176 Å². The summed E-state index contributed by atoms with van der Waals surface area (Å²) < 4.78 is 12.9. The molecule has 154 valence electrons. The fourth-order valence-electron chi connectivity index (χ4n) is 3.34. The second kappa shape index (κ2) is 8.08. The quantitative estimate of drug-likeness (QED) is 0.488. The predicted molar refractivity (Wildman–Crippen MR) is 112 cm³/mol. The first-order valence-electron chi connectivity index (χ1n) is 9.30. The summed E-state index contributed by atoms with van der Waals surface area (Å²) in [5.41, 5.74) is 1.19. The molecule has 0 saturated carbocycles. The molecule has 0 saturated heterocycles. The number of para-hydroxylation sites is 1. The van der Waals surface area contributed by atoms with Crippen LogP contribution >= 0.6 is 0 Å². The first kappa shape index (κ1) is 19.8. The second-order valence-electron chi connectivity index (χ2n) is 6.78. The molecule has 0 bridgehead atoms. The summed E-state index contributed by atoms with van der Waals surface area (Å²) in [4.78, 5) is 24.5. The molecule has 4 aromatic rings. The van der Waals surface area contributed by atoms with Crippen molar-refractivity contribution in [2.24, 2.45) is 7.05 Å². The lowest BCUT2D eigenvalue weighted by molar-refractivity contribution is 0.0698. The van der Waals surface area contributed by atoms with Gasteiger partial charge < -0.3 is 24.1 Å². The summed E-state index contributed by atoms with van der Waals surface area (Å²) in [5.74, 6) is -0.466. The molecule has 0 unspecified atom stereocenters. The number of furan rings is 1. The molecule has 0 aliphatic rings. The SMILES string of the molecule is Cn1c(C(=O)Nc2ccc(C#N)cc2C(=O)O)cc2cccc(OCc3ccco3)c21. The lowest BCUT2D eigenvalue weighted by Crippen LogP contribution is -2.17. The van der Waals surface area contributed by atoms with Crippen molar-refractivity contribution >= 4 is 28.5 Å². The summed E-state index contributed by atoms with van der Waals surface area (Å²) in [6.07, 6.45) is 1.57. The number of benzene rings is 2. The fourth-order valence-corrected chi connectivity index (χ4v) is 3.34. The molecule has 2 aromatic carbocycles. The van der Waals surface area contributed by atoms with Gasteiger partial charge in [0.25, 0.3) is 5.91 Å². The fraction of sp³-hybridized carbons (Fsp3) is 0.0870. The van der Waals surface area contributed by atoms with E-state index < -0.39 is 11.9 Å². The van der Waals surface area contributed by atoms with Gasteiger partial charge in [-0.25, -0.2) is 4.79 Å². The van der Waals surface area contributed by atoms with Crippen LogP contribution in [0, 0.1) is 11.3 Å². The Morgan fingerprint density at radius 1 is 1.19 bits per heavy atom. The number of hydrogen-bond acceptors (Lipinski definition) is 5. The van der Waals surface area contributed by atoms with Gasteiger partial charge in [0.1, 0.15) is 23.8 Å². The molecule has 0 fully saturated rings. The standard InChI is InChI=1S/C23H17N3O5/c1-26-19(22(27)25-18-8-7-14(12-24)10-17(18)23(28)29)11-15-4-2-6-20(21(15)26)31-13-16-5-3-9-30-16/h2-11H,13H2,1H3,(H,25,27)(H,28,29). The number of aromatic carboxylic acids is 1. The molecule has 0 radical (unpaired) electrons. The zero-order valence-electron chi connectivity index (χ0n) is 16.5. The predicted octanol–water partition coefficient (Wildman–Crippen LogP) is 4.17. The minimum Gasteiger partial charge on any atom is -0.483 e. The molecule has 8 heteroatoms. The Bertz CT molecular complexity index is 1330. The third-order valence-electron chi connectivity index (χ3n) is 4.83. The maximum atomic E-state index is 12.9. The highest BCUT2D eigenvalue weighted by Crippen LogP contribution is 2.29. The molecule has 1 amide bonds. The molecule has 4 rings (SSSR count). The highest BCUT2D eigenvalue weighted by atomic mass is 16.5. The lowest BCUT2D eigenvalue weighted by Gasteiger charge is -2.11. The summed E-state index contributed by atoms with van der Waals surface area (Å²) in [7, 11) is 1.73. The number of nitrogens with zero attached hydrogens (tertiary/aromatic N) is 2. The van der Waals surface area contributed by atoms with E-state index in [9.17, 15) is 14.7 Å². The highest BCUT2D eigenvalue weighted by Gasteiger charge is 2.19. The number of hydrogen-bond donors (Lipinski definition) is 2. The van der Waals surface area contributed by atoms with Crippen LogP contribution in [0.3, 0.4) is 0 Å². The molecule has 2 heterocycles. The number of carbonyl (C=O) groups excluding carboxylic acids is 1. The van der Waals surface area contributed by atoms with Gasteiger partial charge in [-0.2, -0.15) is 5.26 Å². The Hall–Kier alpha value is -4.51. The van der Waals surface area contributed by atoms with Crippen molar-refractivity contribution in [3.8, 4) is 11.8 Å². The maximum absolute atomic E-state index is 12.9. The van der Waals surface area contributed by atoms with Gasteiger partial charge in [0.2, 0.25) is 0 Å². The number of rotatable bonds is 6. The Morgan fingerprint density at radius 2 is 2.03 bits per heavy atom. The second-order valence-corrected chi connectivity index (χ2v) is 6.78. The van der Waals surface area contributed by atoms with Crippen LogP contribution in [0.25, 0.3) is 10.9 Å².